The van der Waals surface area contributed by atoms with Crippen molar-refractivity contribution in [2.24, 2.45) is 10.7 Å². The molecule has 0 bridgehead atoms. The van der Waals surface area contributed by atoms with E-state index in [1.54, 1.807) is 6.92 Å². The van der Waals surface area contributed by atoms with Crippen LogP contribution in [0.1, 0.15) is 46.5 Å². The Morgan fingerprint density at radius 2 is 2.00 bits per heavy atom. The van der Waals surface area contributed by atoms with E-state index in [4.69, 9.17) is 5.73 Å². The highest BCUT2D eigenvalue weighted by molar-refractivity contribution is 5.78. The lowest BCUT2D eigenvalue weighted by Crippen LogP contribution is -2.53. The molecule has 15 heavy (non-hydrogen) atoms. The summed E-state index contributed by atoms with van der Waals surface area (Å²) in [7, 11) is 0. The maximum absolute atomic E-state index is 9.52. The van der Waals surface area contributed by atoms with E-state index in [0.29, 0.717) is 12.0 Å². The summed E-state index contributed by atoms with van der Waals surface area (Å²) in [6, 6.07) is 0.377. The highest BCUT2D eigenvalue weighted by atomic mass is 16.3. The minimum absolute atomic E-state index is 0.377. The number of nitrogens with two attached hydrogens (primary N) is 1. The number of rotatable bonds is 3. The fourth-order valence-corrected chi connectivity index (χ4v) is 1.70. The molecule has 0 amide bonds. The standard InChI is InChI=1S/C11H23N3O/c1-8(15)11(2,3)14-10(12)13-9-6-4-5-7-9/h8-9,15H,4-7H2,1-3H3,(H3,12,13,14). The molecule has 88 valence electrons. The van der Waals surface area contributed by atoms with E-state index in [9.17, 15) is 5.11 Å². The van der Waals surface area contributed by atoms with Crippen LogP contribution in [-0.2, 0) is 0 Å². The summed E-state index contributed by atoms with van der Waals surface area (Å²) in [5.74, 6) is 0.452. The number of nitrogens with one attached hydrogen (secondary N) is 1. The molecule has 1 saturated carbocycles. The van der Waals surface area contributed by atoms with Crippen molar-refractivity contribution in [2.75, 3.05) is 0 Å². The predicted molar refractivity (Wildman–Crippen MR) is 62.8 cm³/mol. The first-order valence-corrected chi connectivity index (χ1v) is 5.71. The molecule has 1 unspecified atom stereocenters. The van der Waals surface area contributed by atoms with Gasteiger partial charge in [0.2, 0.25) is 0 Å². The second-order valence-electron chi connectivity index (χ2n) is 4.98. The summed E-state index contributed by atoms with van der Waals surface area (Å²) >= 11 is 0. The van der Waals surface area contributed by atoms with E-state index in [0.717, 1.165) is 12.8 Å². The fraction of sp³-hybridized carbons (Fsp3) is 0.909. The first kappa shape index (κ1) is 12.3. The number of nitrogens with zero attached hydrogens (tertiary/aromatic N) is 1. The first-order chi connectivity index (χ1) is 6.92. The summed E-state index contributed by atoms with van der Waals surface area (Å²) < 4.78 is 0. The van der Waals surface area contributed by atoms with Gasteiger partial charge >= 0.3 is 0 Å². The average molecular weight is 213 g/mol. The Kier molecular flexibility index (Phi) is 3.97. The van der Waals surface area contributed by atoms with E-state index < -0.39 is 11.6 Å². The molecule has 0 saturated heterocycles. The van der Waals surface area contributed by atoms with Crippen LogP contribution >= 0.6 is 0 Å². The van der Waals surface area contributed by atoms with Gasteiger partial charge < -0.3 is 16.2 Å². The van der Waals surface area contributed by atoms with Gasteiger partial charge in [0.15, 0.2) is 5.96 Å². The summed E-state index contributed by atoms with van der Waals surface area (Å²) in [6.07, 6.45) is 4.31. The van der Waals surface area contributed by atoms with Gasteiger partial charge in [0.25, 0.3) is 0 Å². The molecule has 1 aliphatic rings. The third kappa shape index (κ3) is 3.70. The molecule has 1 atom stereocenters. The third-order valence-electron chi connectivity index (χ3n) is 3.14. The van der Waals surface area contributed by atoms with E-state index in [-0.39, 0.29) is 0 Å². The summed E-state index contributed by atoms with van der Waals surface area (Å²) in [5, 5.41) is 12.6. The Hall–Kier alpha value is -0.770. The van der Waals surface area contributed by atoms with Crippen LogP contribution in [0.3, 0.4) is 0 Å². The molecule has 0 aromatic rings. The maximum atomic E-state index is 9.52. The van der Waals surface area contributed by atoms with Crippen molar-refractivity contribution < 1.29 is 5.11 Å². The van der Waals surface area contributed by atoms with Gasteiger partial charge in [-0.1, -0.05) is 12.8 Å². The number of hydrogen-bond donors (Lipinski definition) is 3. The highest BCUT2D eigenvalue weighted by Crippen LogP contribution is 2.20. The van der Waals surface area contributed by atoms with E-state index in [1.165, 1.54) is 12.8 Å². The van der Waals surface area contributed by atoms with Crippen LogP contribution < -0.4 is 11.1 Å². The lowest BCUT2D eigenvalue weighted by Gasteiger charge is -2.30. The zero-order valence-corrected chi connectivity index (χ0v) is 9.95. The molecule has 1 fully saturated rings. The van der Waals surface area contributed by atoms with Crippen LogP contribution in [0.4, 0.5) is 0 Å². The van der Waals surface area contributed by atoms with Crippen molar-refractivity contribution >= 4 is 5.96 Å². The van der Waals surface area contributed by atoms with Crippen LogP contribution in [-0.4, -0.2) is 28.8 Å². The van der Waals surface area contributed by atoms with Crippen molar-refractivity contribution in [1.82, 2.24) is 5.32 Å². The Morgan fingerprint density at radius 1 is 1.47 bits per heavy atom. The number of aliphatic hydroxyl groups is 1. The second kappa shape index (κ2) is 4.84. The van der Waals surface area contributed by atoms with Crippen LogP contribution in [0, 0.1) is 0 Å². The topological polar surface area (TPSA) is 70.6 Å². The van der Waals surface area contributed by atoms with Gasteiger partial charge in [0, 0.05) is 0 Å². The molecule has 0 aromatic heterocycles. The van der Waals surface area contributed by atoms with Crippen LogP contribution in [0.2, 0.25) is 0 Å². The normalized spacial score (nSPS) is 21.7. The van der Waals surface area contributed by atoms with Crippen molar-refractivity contribution in [3.8, 4) is 0 Å². The smallest absolute Gasteiger partial charge is 0.189 e. The first-order valence-electron chi connectivity index (χ1n) is 5.71. The van der Waals surface area contributed by atoms with Crippen molar-refractivity contribution in [2.45, 2.75) is 64.1 Å². The Labute approximate surface area is 92.0 Å². The predicted octanol–water partition coefficient (Wildman–Crippen LogP) is 0.993. The third-order valence-corrected chi connectivity index (χ3v) is 3.14. The number of aliphatic hydroxyl groups excluding tert-OH is 1. The number of hydrogen-bond acceptors (Lipinski definition) is 2. The lowest BCUT2D eigenvalue weighted by molar-refractivity contribution is 0.109. The van der Waals surface area contributed by atoms with Crippen molar-refractivity contribution in [3.05, 3.63) is 0 Å². The molecule has 0 aromatic carbocycles. The van der Waals surface area contributed by atoms with Crippen LogP contribution in [0.25, 0.3) is 0 Å². The molecule has 1 rings (SSSR count). The zero-order chi connectivity index (χ0) is 11.5. The van der Waals surface area contributed by atoms with Crippen LogP contribution in [0.5, 0.6) is 0 Å². The molecular weight excluding hydrogens is 190 g/mol. The highest BCUT2D eigenvalue weighted by Gasteiger charge is 2.24. The maximum Gasteiger partial charge on any atom is 0.189 e. The molecule has 0 aliphatic heterocycles. The van der Waals surface area contributed by atoms with Gasteiger partial charge in [0.05, 0.1) is 17.7 Å². The van der Waals surface area contributed by atoms with Crippen LogP contribution in [0.15, 0.2) is 4.99 Å². The Bertz CT molecular complexity index is 230. The van der Waals surface area contributed by atoms with Gasteiger partial charge in [-0.15, -0.1) is 0 Å². The zero-order valence-electron chi connectivity index (χ0n) is 9.95. The van der Waals surface area contributed by atoms with E-state index in [1.807, 2.05) is 13.8 Å². The number of aliphatic imine (C=N–C) groups is 1. The Morgan fingerprint density at radius 3 is 2.47 bits per heavy atom. The Balaban J connectivity index is 2.49. The molecule has 4 N–H and O–H groups in total. The van der Waals surface area contributed by atoms with E-state index >= 15 is 0 Å². The molecule has 0 spiro atoms. The van der Waals surface area contributed by atoms with Crippen molar-refractivity contribution in [1.29, 1.82) is 0 Å². The molecular formula is C11H23N3O. The fourth-order valence-electron chi connectivity index (χ4n) is 1.70. The summed E-state index contributed by atoms with van der Waals surface area (Å²) in [6.45, 7) is 5.57. The average Bonchev–Trinajstić information content (AvgIpc) is 2.54. The largest absolute Gasteiger partial charge is 0.391 e. The van der Waals surface area contributed by atoms with Gasteiger partial charge in [-0.2, -0.15) is 0 Å². The minimum Gasteiger partial charge on any atom is -0.391 e. The quantitative estimate of drug-likeness (QED) is 0.483. The van der Waals surface area contributed by atoms with Gasteiger partial charge in [-0.3, -0.25) is 4.99 Å². The van der Waals surface area contributed by atoms with E-state index in [2.05, 4.69) is 10.3 Å². The molecule has 1 aliphatic carbocycles. The monoisotopic (exact) mass is 213 g/mol. The number of guanidine groups is 1. The summed E-state index contributed by atoms with van der Waals surface area (Å²) in [5.41, 5.74) is 5.38. The molecule has 0 heterocycles. The molecule has 4 nitrogen and oxygen atoms in total. The lowest BCUT2D eigenvalue weighted by atomic mass is 9.99. The second-order valence-corrected chi connectivity index (χ2v) is 4.98. The molecule has 4 heteroatoms. The van der Waals surface area contributed by atoms with Crippen molar-refractivity contribution in [3.63, 3.8) is 0 Å². The SMILES string of the molecule is CC(O)C(C)(C)NC(N)=NC1CCCC1. The summed E-state index contributed by atoms with van der Waals surface area (Å²) in [4.78, 5) is 4.42. The van der Waals surface area contributed by atoms with Gasteiger partial charge in [-0.05, 0) is 33.6 Å². The van der Waals surface area contributed by atoms with Gasteiger partial charge in [-0.25, -0.2) is 0 Å². The van der Waals surface area contributed by atoms with Gasteiger partial charge in [0.1, 0.15) is 0 Å². The molecule has 0 radical (unpaired) electrons. The minimum atomic E-state index is -0.463.